The fourth-order valence-electron chi connectivity index (χ4n) is 2.06. The number of rotatable bonds is 4. The van der Waals surface area contributed by atoms with Crippen LogP contribution in [0.15, 0.2) is 36.4 Å². The van der Waals surface area contributed by atoms with Gasteiger partial charge in [-0.25, -0.2) is 0 Å². The van der Waals surface area contributed by atoms with Crippen LogP contribution in [-0.2, 0) is 6.61 Å². The van der Waals surface area contributed by atoms with Crippen molar-refractivity contribution in [3.8, 4) is 5.75 Å². The summed E-state index contributed by atoms with van der Waals surface area (Å²) >= 11 is 10.9. The molecule has 0 amide bonds. The van der Waals surface area contributed by atoms with Crippen LogP contribution in [0.25, 0.3) is 0 Å². The Balaban J connectivity index is 2.17. The highest BCUT2D eigenvalue weighted by atomic mass is 35.5. The zero-order valence-corrected chi connectivity index (χ0v) is 13.0. The maximum Gasteiger partial charge on any atom is 0.125 e. The third-order valence-corrected chi connectivity index (χ3v) is 3.53. The molecule has 0 spiro atoms. The van der Waals surface area contributed by atoms with Crippen LogP contribution in [-0.4, -0.2) is 4.99 Å². The van der Waals surface area contributed by atoms with Gasteiger partial charge in [0.1, 0.15) is 17.3 Å². The van der Waals surface area contributed by atoms with Gasteiger partial charge in [-0.3, -0.25) is 0 Å². The zero-order valence-electron chi connectivity index (χ0n) is 11.4. The molecule has 2 N–H and O–H groups in total. The van der Waals surface area contributed by atoms with Crippen LogP contribution in [0.1, 0.15) is 22.3 Å². The minimum absolute atomic E-state index is 0.403. The van der Waals surface area contributed by atoms with E-state index in [1.54, 1.807) is 0 Å². The van der Waals surface area contributed by atoms with Crippen LogP contribution in [0.3, 0.4) is 0 Å². The quantitative estimate of drug-likeness (QED) is 0.861. The van der Waals surface area contributed by atoms with Crippen LogP contribution in [0.5, 0.6) is 5.75 Å². The van der Waals surface area contributed by atoms with E-state index in [0.29, 0.717) is 11.6 Å². The third kappa shape index (κ3) is 3.50. The number of hydrogen-bond acceptors (Lipinski definition) is 2. The van der Waals surface area contributed by atoms with Gasteiger partial charge in [-0.15, -0.1) is 0 Å². The highest BCUT2D eigenvalue weighted by molar-refractivity contribution is 7.80. The number of aryl methyl sites for hydroxylation is 2. The summed E-state index contributed by atoms with van der Waals surface area (Å²) in [6.45, 7) is 4.49. The average Bonchev–Trinajstić information content (AvgIpc) is 2.39. The van der Waals surface area contributed by atoms with Gasteiger partial charge in [0.15, 0.2) is 0 Å². The molecule has 0 radical (unpaired) electrons. The van der Waals surface area contributed by atoms with Gasteiger partial charge in [-0.05, 0) is 54.8 Å². The average molecular weight is 306 g/mol. The number of benzene rings is 2. The molecule has 0 saturated heterocycles. The molecule has 20 heavy (non-hydrogen) atoms. The van der Waals surface area contributed by atoms with E-state index in [9.17, 15) is 0 Å². The van der Waals surface area contributed by atoms with Crippen molar-refractivity contribution in [2.24, 2.45) is 5.73 Å². The van der Waals surface area contributed by atoms with Gasteiger partial charge in [0.05, 0.1) is 0 Å². The van der Waals surface area contributed by atoms with Crippen molar-refractivity contribution in [1.82, 2.24) is 0 Å². The predicted octanol–water partition coefficient (Wildman–Crippen LogP) is 4.17. The number of thiocarbonyl (C=S) groups is 1. The molecule has 0 aliphatic carbocycles. The second kappa shape index (κ2) is 6.25. The van der Waals surface area contributed by atoms with E-state index in [0.717, 1.165) is 33.0 Å². The molecule has 0 aromatic heterocycles. The lowest BCUT2D eigenvalue weighted by Gasteiger charge is -2.14. The van der Waals surface area contributed by atoms with Crippen molar-refractivity contribution in [3.63, 3.8) is 0 Å². The van der Waals surface area contributed by atoms with Gasteiger partial charge in [-0.2, -0.15) is 0 Å². The smallest absolute Gasteiger partial charge is 0.125 e. The molecule has 0 atom stereocenters. The van der Waals surface area contributed by atoms with Crippen molar-refractivity contribution in [3.05, 3.63) is 63.7 Å². The van der Waals surface area contributed by atoms with E-state index in [1.165, 1.54) is 0 Å². The molecular weight excluding hydrogens is 290 g/mol. The molecule has 0 aliphatic rings. The van der Waals surface area contributed by atoms with Gasteiger partial charge in [0.25, 0.3) is 0 Å². The number of ether oxygens (including phenoxy) is 1. The molecule has 0 fully saturated rings. The Hall–Kier alpha value is -1.58. The van der Waals surface area contributed by atoms with Gasteiger partial charge in [-0.1, -0.05) is 36.0 Å². The van der Waals surface area contributed by atoms with E-state index in [2.05, 4.69) is 0 Å². The van der Waals surface area contributed by atoms with Crippen LogP contribution in [0, 0.1) is 13.8 Å². The summed E-state index contributed by atoms with van der Waals surface area (Å²) in [5, 5.41) is 0.724. The molecule has 2 aromatic rings. The molecule has 0 unspecified atom stereocenters. The summed E-state index contributed by atoms with van der Waals surface area (Å²) in [5.41, 5.74) is 9.66. The first-order valence-electron chi connectivity index (χ1n) is 6.25. The lowest BCUT2D eigenvalue weighted by molar-refractivity contribution is 0.302. The normalized spacial score (nSPS) is 10.3. The van der Waals surface area contributed by atoms with Gasteiger partial charge < -0.3 is 10.5 Å². The van der Waals surface area contributed by atoms with E-state index >= 15 is 0 Å². The topological polar surface area (TPSA) is 35.2 Å². The molecule has 0 aliphatic heterocycles. The lowest BCUT2D eigenvalue weighted by Crippen LogP contribution is -2.10. The molecule has 104 valence electrons. The number of hydrogen-bond donors (Lipinski definition) is 1. The Kier molecular flexibility index (Phi) is 4.63. The molecule has 0 heterocycles. The highest BCUT2D eigenvalue weighted by Crippen LogP contribution is 2.26. The Morgan fingerprint density at radius 2 is 1.70 bits per heavy atom. The first-order valence-corrected chi connectivity index (χ1v) is 7.04. The third-order valence-electron chi connectivity index (χ3n) is 3.04. The first-order chi connectivity index (χ1) is 9.47. The van der Waals surface area contributed by atoms with E-state index in [4.69, 9.17) is 34.3 Å². The first kappa shape index (κ1) is 14.8. The van der Waals surface area contributed by atoms with Crippen LogP contribution >= 0.6 is 23.8 Å². The van der Waals surface area contributed by atoms with E-state index in [1.807, 2.05) is 50.2 Å². The van der Waals surface area contributed by atoms with Crippen LogP contribution < -0.4 is 10.5 Å². The summed E-state index contributed by atoms with van der Waals surface area (Å²) in [6, 6.07) is 11.5. The Morgan fingerprint density at radius 1 is 1.15 bits per heavy atom. The van der Waals surface area contributed by atoms with E-state index in [-0.39, 0.29) is 0 Å². The van der Waals surface area contributed by atoms with Crippen molar-refractivity contribution < 1.29 is 4.74 Å². The molecule has 0 saturated carbocycles. The van der Waals surface area contributed by atoms with E-state index < -0.39 is 0 Å². The molecular formula is C16H16ClNOS. The summed E-state index contributed by atoms with van der Waals surface area (Å²) < 4.78 is 5.90. The van der Waals surface area contributed by atoms with Gasteiger partial charge in [0.2, 0.25) is 0 Å². The zero-order chi connectivity index (χ0) is 14.7. The fourth-order valence-corrected chi connectivity index (χ4v) is 2.30. The lowest BCUT2D eigenvalue weighted by atomic mass is 10.1. The molecule has 0 bridgehead atoms. The summed E-state index contributed by atoms with van der Waals surface area (Å²) in [6.07, 6.45) is 0. The minimum atomic E-state index is 0.403. The molecule has 2 aromatic carbocycles. The molecule has 2 rings (SSSR count). The van der Waals surface area contributed by atoms with Crippen molar-refractivity contribution in [2.45, 2.75) is 20.5 Å². The summed E-state index contributed by atoms with van der Waals surface area (Å²) in [4.78, 5) is 0.403. The molecule has 2 nitrogen and oxygen atoms in total. The number of nitrogens with two attached hydrogens (primary N) is 1. The Bertz CT molecular complexity index is 614. The Morgan fingerprint density at radius 3 is 2.20 bits per heavy atom. The maximum atomic E-state index is 5.90. The maximum absolute atomic E-state index is 5.90. The monoisotopic (exact) mass is 305 g/mol. The SMILES string of the molecule is Cc1cc(C(N)=S)cc(C)c1OCc1ccc(Cl)cc1. The number of halogens is 1. The summed E-state index contributed by atoms with van der Waals surface area (Å²) in [7, 11) is 0. The van der Waals surface area contributed by atoms with Crippen LogP contribution in [0.2, 0.25) is 5.02 Å². The van der Waals surface area contributed by atoms with Crippen molar-refractivity contribution in [2.75, 3.05) is 0 Å². The van der Waals surface area contributed by atoms with Crippen molar-refractivity contribution >= 4 is 28.8 Å². The van der Waals surface area contributed by atoms with Gasteiger partial charge in [0, 0.05) is 10.6 Å². The highest BCUT2D eigenvalue weighted by Gasteiger charge is 2.08. The minimum Gasteiger partial charge on any atom is -0.488 e. The second-order valence-corrected chi connectivity index (χ2v) is 5.59. The van der Waals surface area contributed by atoms with Gasteiger partial charge >= 0.3 is 0 Å². The van der Waals surface area contributed by atoms with Crippen molar-refractivity contribution in [1.29, 1.82) is 0 Å². The molecule has 4 heteroatoms. The predicted molar refractivity (Wildman–Crippen MR) is 87.6 cm³/mol. The largest absolute Gasteiger partial charge is 0.488 e. The second-order valence-electron chi connectivity index (χ2n) is 4.72. The van der Waals surface area contributed by atoms with Crippen LogP contribution in [0.4, 0.5) is 0 Å². The Labute approximate surface area is 129 Å². The fraction of sp³-hybridized carbons (Fsp3) is 0.188. The standard InChI is InChI=1S/C16H16ClNOS/c1-10-7-13(16(18)20)8-11(2)15(10)19-9-12-3-5-14(17)6-4-12/h3-8H,9H2,1-2H3,(H2,18,20). The summed E-state index contributed by atoms with van der Waals surface area (Å²) in [5.74, 6) is 0.875.